The number of esters is 1. The van der Waals surface area contributed by atoms with Crippen LogP contribution in [0.2, 0.25) is 0 Å². The van der Waals surface area contributed by atoms with E-state index in [2.05, 4.69) is 27.4 Å². The summed E-state index contributed by atoms with van der Waals surface area (Å²) in [5, 5.41) is 30.5. The highest BCUT2D eigenvalue weighted by molar-refractivity contribution is 6.05. The van der Waals surface area contributed by atoms with Gasteiger partial charge < -0.3 is 24.8 Å². The monoisotopic (exact) mass is 464 g/mol. The Morgan fingerprint density at radius 1 is 1.33 bits per heavy atom. The minimum absolute atomic E-state index is 0.0294. The van der Waals surface area contributed by atoms with Gasteiger partial charge in [0.2, 0.25) is 0 Å². The van der Waals surface area contributed by atoms with Crippen molar-refractivity contribution in [3.8, 4) is 0 Å². The van der Waals surface area contributed by atoms with Crippen molar-refractivity contribution in [2.45, 2.75) is 90.1 Å². The van der Waals surface area contributed by atoms with Gasteiger partial charge in [-0.1, -0.05) is 47.6 Å². The van der Waals surface area contributed by atoms with Crippen LogP contribution in [-0.4, -0.2) is 63.7 Å². The van der Waals surface area contributed by atoms with Gasteiger partial charge in [-0.15, -0.1) is 0 Å². The normalized spacial score (nSPS) is 36.5. The summed E-state index contributed by atoms with van der Waals surface area (Å²) >= 11 is 0. The molecular weight excluding hydrogens is 424 g/mol. The van der Waals surface area contributed by atoms with E-state index in [1.54, 1.807) is 0 Å². The zero-order valence-corrected chi connectivity index (χ0v) is 20.6. The van der Waals surface area contributed by atoms with E-state index in [1.165, 1.54) is 6.08 Å². The molecule has 3 rings (SSSR count). The maximum atomic E-state index is 13.1. The summed E-state index contributed by atoms with van der Waals surface area (Å²) in [6.45, 7) is 13.0. The summed E-state index contributed by atoms with van der Waals surface area (Å²) < 4.78 is 11.7. The molecule has 0 unspecified atom stereocenters. The molecule has 186 valence electrons. The van der Waals surface area contributed by atoms with Crippen LogP contribution in [0.15, 0.2) is 23.8 Å². The number of ether oxygens (including phenoxy) is 2. The zero-order valence-electron chi connectivity index (χ0n) is 20.6. The van der Waals surface area contributed by atoms with E-state index in [1.807, 2.05) is 13.8 Å². The Balaban J connectivity index is 1.82. The molecule has 0 aromatic rings. The van der Waals surface area contributed by atoms with E-state index >= 15 is 0 Å². The number of carbonyl (C=O) groups excluding carboxylic acids is 2. The first kappa shape index (κ1) is 26.1. The Morgan fingerprint density at radius 2 is 2.00 bits per heavy atom. The van der Waals surface area contributed by atoms with Crippen LogP contribution in [0.25, 0.3) is 0 Å². The van der Waals surface area contributed by atoms with E-state index in [0.717, 1.165) is 19.3 Å². The first-order valence-electron chi connectivity index (χ1n) is 12.2. The smallest absolute Gasteiger partial charge is 0.341 e. The molecule has 0 aromatic heterocycles. The minimum Gasteiger partial charge on any atom is -0.456 e. The highest BCUT2D eigenvalue weighted by Crippen LogP contribution is 2.63. The maximum absolute atomic E-state index is 13.1. The van der Waals surface area contributed by atoms with Crippen molar-refractivity contribution < 1.29 is 34.4 Å². The SMILES string of the molecule is C=C(CO)[C@@]12O[C@@H]1[C@@]1(C)C(=CC2=O)[C@H](OC(=O)[C@@](O)(CO)C[C@@H](C)C[C@@H](C)CC)CC[C@@H]1C. The van der Waals surface area contributed by atoms with Crippen molar-refractivity contribution in [3.63, 3.8) is 0 Å². The van der Waals surface area contributed by atoms with E-state index in [4.69, 9.17) is 9.47 Å². The van der Waals surface area contributed by atoms with Gasteiger partial charge in [-0.25, -0.2) is 4.79 Å². The number of carbonyl (C=O) groups is 2. The Morgan fingerprint density at radius 3 is 2.58 bits per heavy atom. The van der Waals surface area contributed by atoms with Gasteiger partial charge in [-0.2, -0.15) is 0 Å². The molecule has 0 radical (unpaired) electrons. The summed E-state index contributed by atoms with van der Waals surface area (Å²) in [5.41, 5.74) is -2.75. The molecule has 0 bridgehead atoms. The second-order valence-corrected chi connectivity index (χ2v) is 10.9. The van der Waals surface area contributed by atoms with Gasteiger partial charge in [-0.3, -0.25) is 4.79 Å². The van der Waals surface area contributed by atoms with Crippen LogP contribution in [0.3, 0.4) is 0 Å². The Bertz CT molecular complexity index is 834. The van der Waals surface area contributed by atoms with Crippen molar-refractivity contribution in [1.82, 2.24) is 0 Å². The van der Waals surface area contributed by atoms with Gasteiger partial charge in [0.1, 0.15) is 12.2 Å². The number of ketones is 1. The predicted molar refractivity (Wildman–Crippen MR) is 123 cm³/mol. The maximum Gasteiger partial charge on any atom is 0.341 e. The zero-order chi connectivity index (χ0) is 24.8. The number of hydrogen-bond donors (Lipinski definition) is 3. The number of epoxide rings is 1. The Labute approximate surface area is 196 Å². The summed E-state index contributed by atoms with van der Waals surface area (Å²) in [4.78, 5) is 26.1. The molecule has 0 spiro atoms. The van der Waals surface area contributed by atoms with Crippen LogP contribution in [0.1, 0.15) is 66.7 Å². The summed E-state index contributed by atoms with van der Waals surface area (Å²) in [6.07, 6.45) is 3.53. The van der Waals surface area contributed by atoms with Crippen molar-refractivity contribution in [3.05, 3.63) is 23.8 Å². The molecule has 0 amide bonds. The molecule has 1 heterocycles. The molecule has 2 aliphatic carbocycles. The Hall–Kier alpha value is -1.54. The lowest BCUT2D eigenvalue weighted by Crippen LogP contribution is -2.53. The quantitative estimate of drug-likeness (QED) is 0.259. The van der Waals surface area contributed by atoms with Crippen molar-refractivity contribution in [2.75, 3.05) is 13.2 Å². The number of aliphatic hydroxyl groups is 3. The summed E-state index contributed by atoms with van der Waals surface area (Å²) in [7, 11) is 0. The van der Waals surface area contributed by atoms with Gasteiger partial charge in [-0.05, 0) is 60.7 Å². The molecule has 2 fully saturated rings. The molecule has 33 heavy (non-hydrogen) atoms. The lowest BCUT2D eigenvalue weighted by molar-refractivity contribution is -0.178. The molecule has 1 saturated carbocycles. The van der Waals surface area contributed by atoms with Gasteiger partial charge >= 0.3 is 5.97 Å². The molecule has 7 nitrogen and oxygen atoms in total. The lowest BCUT2D eigenvalue weighted by atomic mass is 9.57. The van der Waals surface area contributed by atoms with E-state index in [-0.39, 0.29) is 30.6 Å². The summed E-state index contributed by atoms with van der Waals surface area (Å²) in [6, 6.07) is 0. The standard InChI is InChI=1S/C26H40O7/c1-7-15(2)10-16(3)12-25(31,14-28)23(30)32-20-9-8-17(4)24(6)19(20)11-21(29)26(18(5)13-27)22(24)33-26/h11,15-17,20,22,27-28,31H,5,7-10,12-14H2,1-4,6H3/t15-,16-,17-,20+,22+,24+,25-,26-/m0/s1. The number of fused-ring (bicyclic) bond motifs is 3. The average molecular weight is 465 g/mol. The van der Waals surface area contributed by atoms with E-state index in [0.29, 0.717) is 23.5 Å². The summed E-state index contributed by atoms with van der Waals surface area (Å²) in [5.74, 6) is -0.525. The number of hydrogen-bond acceptors (Lipinski definition) is 7. The van der Waals surface area contributed by atoms with Crippen LogP contribution in [0.4, 0.5) is 0 Å². The predicted octanol–water partition coefficient (Wildman–Crippen LogP) is 2.72. The van der Waals surface area contributed by atoms with E-state index < -0.39 is 41.4 Å². The Kier molecular flexibility index (Phi) is 7.31. The third-order valence-electron chi connectivity index (χ3n) is 8.46. The molecular formula is C26H40O7. The second kappa shape index (κ2) is 9.25. The topological polar surface area (TPSA) is 117 Å². The first-order chi connectivity index (χ1) is 15.4. The van der Waals surface area contributed by atoms with E-state index in [9.17, 15) is 24.9 Å². The lowest BCUT2D eigenvalue weighted by Gasteiger charge is -2.47. The van der Waals surface area contributed by atoms with Gasteiger partial charge in [0.25, 0.3) is 0 Å². The molecule has 1 aliphatic heterocycles. The molecule has 0 aromatic carbocycles. The largest absolute Gasteiger partial charge is 0.456 e. The van der Waals surface area contributed by atoms with Crippen molar-refractivity contribution in [1.29, 1.82) is 0 Å². The molecule has 8 atom stereocenters. The van der Waals surface area contributed by atoms with Crippen LogP contribution in [0.5, 0.6) is 0 Å². The molecule has 1 saturated heterocycles. The average Bonchev–Trinajstić information content (AvgIpc) is 3.55. The van der Waals surface area contributed by atoms with Gasteiger partial charge in [0, 0.05) is 5.41 Å². The van der Waals surface area contributed by atoms with Crippen LogP contribution in [-0.2, 0) is 19.1 Å². The molecule has 3 aliphatic rings. The third kappa shape index (κ3) is 4.22. The van der Waals surface area contributed by atoms with Crippen molar-refractivity contribution in [2.24, 2.45) is 23.2 Å². The number of aliphatic hydroxyl groups excluding tert-OH is 2. The fourth-order valence-corrected chi connectivity index (χ4v) is 5.93. The second-order valence-electron chi connectivity index (χ2n) is 10.9. The van der Waals surface area contributed by atoms with Crippen molar-refractivity contribution >= 4 is 11.8 Å². The molecule has 7 heteroatoms. The highest BCUT2D eigenvalue weighted by atomic mass is 16.6. The highest BCUT2D eigenvalue weighted by Gasteiger charge is 2.74. The third-order valence-corrected chi connectivity index (χ3v) is 8.46. The van der Waals surface area contributed by atoms with Crippen LogP contribution >= 0.6 is 0 Å². The minimum atomic E-state index is -1.99. The first-order valence-corrected chi connectivity index (χ1v) is 12.2. The fraction of sp³-hybridized carbons (Fsp3) is 0.769. The van der Waals surface area contributed by atoms with Gasteiger partial charge in [0.15, 0.2) is 17.0 Å². The van der Waals surface area contributed by atoms with Gasteiger partial charge in [0.05, 0.1) is 13.2 Å². The van der Waals surface area contributed by atoms with Crippen LogP contribution in [0, 0.1) is 23.2 Å². The molecule has 3 N–H and O–H groups in total. The number of rotatable bonds is 10. The van der Waals surface area contributed by atoms with Crippen LogP contribution < -0.4 is 0 Å². The fourth-order valence-electron chi connectivity index (χ4n) is 5.93.